The highest BCUT2D eigenvalue weighted by Crippen LogP contribution is 2.52. The molecule has 2 heterocycles. The van der Waals surface area contributed by atoms with Crippen LogP contribution in [0.4, 0.5) is 0 Å². The Morgan fingerprint density at radius 1 is 1.07 bits per heavy atom. The van der Waals surface area contributed by atoms with Crippen LogP contribution in [0.15, 0.2) is 48.7 Å². The normalized spacial score (nSPS) is 28.2. The van der Waals surface area contributed by atoms with Crippen molar-refractivity contribution in [2.75, 3.05) is 6.54 Å². The molecule has 2 amide bonds. The van der Waals surface area contributed by atoms with E-state index >= 15 is 0 Å². The number of para-hydroxylation sites is 1. The van der Waals surface area contributed by atoms with Crippen molar-refractivity contribution in [2.45, 2.75) is 12.8 Å². The van der Waals surface area contributed by atoms with Gasteiger partial charge in [-0.05, 0) is 30.4 Å². The Morgan fingerprint density at radius 2 is 1.78 bits per heavy atom. The standard InChI is InChI=1S/C21H18N2O4/c24-16(27-15-5-1-3-12-4-2-9-22-19(12)15)8-10-23-20(25)17-13-6-7-14(11-13)18(17)21(23)26/h1-7,9,13-14,17-18H,8,10-11H2/t13-,14-,17+,18+/m1/s1. The summed E-state index contributed by atoms with van der Waals surface area (Å²) in [6.07, 6.45) is 6.63. The molecule has 0 N–H and O–H groups in total. The molecule has 1 aromatic carbocycles. The van der Waals surface area contributed by atoms with Gasteiger partial charge in [-0.1, -0.05) is 30.4 Å². The second-order valence-electron chi connectivity index (χ2n) is 7.38. The monoisotopic (exact) mass is 362 g/mol. The molecule has 2 aliphatic carbocycles. The second kappa shape index (κ2) is 6.01. The van der Waals surface area contributed by atoms with Gasteiger partial charge in [0.25, 0.3) is 0 Å². The van der Waals surface area contributed by atoms with Crippen molar-refractivity contribution in [2.24, 2.45) is 23.7 Å². The molecule has 136 valence electrons. The lowest BCUT2D eigenvalue weighted by Gasteiger charge is -2.16. The van der Waals surface area contributed by atoms with Crippen molar-refractivity contribution < 1.29 is 19.1 Å². The fraction of sp³-hybridized carbons (Fsp3) is 0.333. The van der Waals surface area contributed by atoms with Gasteiger partial charge in [-0.2, -0.15) is 0 Å². The average molecular weight is 362 g/mol. The van der Waals surface area contributed by atoms with E-state index in [1.807, 2.05) is 18.2 Å². The Labute approximate surface area is 155 Å². The first kappa shape index (κ1) is 16.2. The zero-order chi connectivity index (χ0) is 18.5. The van der Waals surface area contributed by atoms with Crippen LogP contribution in [-0.4, -0.2) is 34.2 Å². The van der Waals surface area contributed by atoms with E-state index in [9.17, 15) is 14.4 Å². The third kappa shape index (κ3) is 2.47. The second-order valence-corrected chi connectivity index (χ2v) is 7.38. The highest BCUT2D eigenvalue weighted by Gasteiger charge is 2.59. The van der Waals surface area contributed by atoms with Crippen molar-refractivity contribution in [1.82, 2.24) is 9.88 Å². The molecule has 1 aromatic heterocycles. The molecule has 4 atom stereocenters. The number of fused-ring (bicyclic) bond motifs is 6. The number of imide groups is 1. The molecule has 3 aliphatic rings. The van der Waals surface area contributed by atoms with Crippen LogP contribution in [-0.2, 0) is 14.4 Å². The molecule has 5 rings (SSSR count). The number of carbonyl (C=O) groups excluding carboxylic acids is 3. The van der Waals surface area contributed by atoms with Gasteiger partial charge in [0.15, 0.2) is 5.75 Å². The predicted octanol–water partition coefficient (Wildman–Crippen LogP) is 2.34. The molecule has 6 nitrogen and oxygen atoms in total. The smallest absolute Gasteiger partial charge is 0.313 e. The number of aromatic nitrogens is 1. The Balaban J connectivity index is 1.26. The van der Waals surface area contributed by atoms with Crippen LogP contribution in [0.1, 0.15) is 12.8 Å². The van der Waals surface area contributed by atoms with Crippen LogP contribution in [0, 0.1) is 23.7 Å². The van der Waals surface area contributed by atoms with E-state index in [1.54, 1.807) is 18.3 Å². The first-order chi connectivity index (χ1) is 13.1. The van der Waals surface area contributed by atoms with Crippen molar-refractivity contribution in [3.8, 4) is 5.75 Å². The lowest BCUT2D eigenvalue weighted by molar-refractivity contribution is -0.142. The molecular weight excluding hydrogens is 344 g/mol. The Hall–Kier alpha value is -3.02. The van der Waals surface area contributed by atoms with Gasteiger partial charge in [0.05, 0.1) is 18.3 Å². The van der Waals surface area contributed by atoms with E-state index < -0.39 is 5.97 Å². The maximum Gasteiger partial charge on any atom is 0.313 e. The molecular formula is C21H18N2O4. The van der Waals surface area contributed by atoms with E-state index in [0.29, 0.717) is 11.3 Å². The third-order valence-corrected chi connectivity index (χ3v) is 5.92. The minimum absolute atomic E-state index is 0.0249. The van der Waals surface area contributed by atoms with Gasteiger partial charge in [-0.3, -0.25) is 24.3 Å². The topological polar surface area (TPSA) is 76.6 Å². The number of amides is 2. The molecule has 0 unspecified atom stereocenters. The highest BCUT2D eigenvalue weighted by molar-refractivity contribution is 6.06. The summed E-state index contributed by atoms with van der Waals surface area (Å²) in [7, 11) is 0. The minimum Gasteiger partial charge on any atom is -0.424 e. The molecule has 2 aromatic rings. The van der Waals surface area contributed by atoms with Crippen molar-refractivity contribution in [3.05, 3.63) is 48.7 Å². The van der Waals surface area contributed by atoms with Gasteiger partial charge in [-0.25, -0.2) is 0 Å². The largest absolute Gasteiger partial charge is 0.424 e. The molecule has 2 fully saturated rings. The zero-order valence-electron chi connectivity index (χ0n) is 14.6. The Bertz CT molecular complexity index is 963. The molecule has 2 bridgehead atoms. The van der Waals surface area contributed by atoms with Crippen LogP contribution in [0.2, 0.25) is 0 Å². The number of rotatable bonds is 4. The van der Waals surface area contributed by atoms with Crippen LogP contribution in [0.25, 0.3) is 10.9 Å². The average Bonchev–Trinajstić information content (AvgIpc) is 3.35. The van der Waals surface area contributed by atoms with Crippen molar-refractivity contribution in [1.29, 1.82) is 0 Å². The summed E-state index contributed by atoms with van der Waals surface area (Å²) >= 11 is 0. The molecule has 0 spiro atoms. The number of esters is 1. The third-order valence-electron chi connectivity index (χ3n) is 5.92. The summed E-state index contributed by atoms with van der Waals surface area (Å²) in [5, 5.41) is 0.878. The molecule has 1 saturated heterocycles. The van der Waals surface area contributed by atoms with E-state index in [2.05, 4.69) is 17.1 Å². The summed E-state index contributed by atoms with van der Waals surface area (Å²) in [6.45, 7) is 0.0706. The van der Waals surface area contributed by atoms with Gasteiger partial charge in [0.1, 0.15) is 5.52 Å². The van der Waals surface area contributed by atoms with Gasteiger partial charge < -0.3 is 4.74 Å². The summed E-state index contributed by atoms with van der Waals surface area (Å²) in [4.78, 5) is 43.1. The van der Waals surface area contributed by atoms with Gasteiger partial charge in [0.2, 0.25) is 11.8 Å². The zero-order valence-corrected chi connectivity index (χ0v) is 14.6. The van der Waals surface area contributed by atoms with E-state index in [-0.39, 0.29) is 48.5 Å². The molecule has 6 heteroatoms. The summed E-state index contributed by atoms with van der Waals surface area (Å²) < 4.78 is 5.44. The Morgan fingerprint density at radius 3 is 2.52 bits per heavy atom. The van der Waals surface area contributed by atoms with Gasteiger partial charge >= 0.3 is 5.97 Å². The molecule has 1 saturated carbocycles. The Kier molecular flexibility index (Phi) is 3.60. The number of ether oxygens (including phenoxy) is 1. The van der Waals surface area contributed by atoms with Crippen LogP contribution < -0.4 is 4.74 Å². The minimum atomic E-state index is -0.480. The number of hydrogen-bond acceptors (Lipinski definition) is 5. The van der Waals surface area contributed by atoms with E-state index in [1.165, 1.54) is 4.90 Å². The van der Waals surface area contributed by atoms with Crippen LogP contribution in [0.3, 0.4) is 0 Å². The summed E-state index contributed by atoms with van der Waals surface area (Å²) in [5.74, 6) is -0.479. The quantitative estimate of drug-likeness (QED) is 0.361. The lowest BCUT2D eigenvalue weighted by Crippen LogP contribution is -2.35. The lowest BCUT2D eigenvalue weighted by atomic mass is 9.85. The maximum absolute atomic E-state index is 12.6. The number of carbonyl (C=O) groups is 3. The number of nitrogens with zero attached hydrogens (tertiary/aromatic N) is 2. The van der Waals surface area contributed by atoms with Gasteiger partial charge in [0, 0.05) is 18.1 Å². The summed E-state index contributed by atoms with van der Waals surface area (Å²) in [5.41, 5.74) is 0.610. The number of allylic oxidation sites excluding steroid dienone is 2. The van der Waals surface area contributed by atoms with Crippen LogP contribution in [0.5, 0.6) is 5.75 Å². The fourth-order valence-corrected chi connectivity index (χ4v) is 4.72. The number of pyridine rings is 1. The van der Waals surface area contributed by atoms with Crippen LogP contribution >= 0.6 is 0 Å². The van der Waals surface area contributed by atoms with Gasteiger partial charge in [-0.15, -0.1) is 0 Å². The number of hydrogen-bond donors (Lipinski definition) is 0. The highest BCUT2D eigenvalue weighted by atomic mass is 16.5. The van der Waals surface area contributed by atoms with E-state index in [0.717, 1.165) is 11.8 Å². The van der Waals surface area contributed by atoms with Crippen molar-refractivity contribution >= 4 is 28.7 Å². The number of likely N-dealkylation sites (tertiary alicyclic amines) is 1. The molecule has 0 radical (unpaired) electrons. The molecule has 27 heavy (non-hydrogen) atoms. The number of benzene rings is 1. The SMILES string of the molecule is O=C(CCN1C(=O)[C@@H]2[C@@H](C1=O)[C@@H]1C=C[C@@H]2C1)Oc1cccc2cccnc12. The first-order valence-electron chi connectivity index (χ1n) is 9.21. The van der Waals surface area contributed by atoms with E-state index in [4.69, 9.17) is 4.74 Å². The first-order valence-corrected chi connectivity index (χ1v) is 9.21. The fourth-order valence-electron chi connectivity index (χ4n) is 4.72. The summed E-state index contributed by atoms with van der Waals surface area (Å²) in [6, 6.07) is 9.08. The predicted molar refractivity (Wildman–Crippen MR) is 96.4 cm³/mol. The maximum atomic E-state index is 12.6. The molecule has 1 aliphatic heterocycles. The van der Waals surface area contributed by atoms with Crippen molar-refractivity contribution in [3.63, 3.8) is 0 Å².